The number of hydrogen-bond acceptors (Lipinski definition) is 2. The van der Waals surface area contributed by atoms with Crippen LogP contribution in [0.4, 0.5) is 0 Å². The molecule has 0 bridgehead atoms. The van der Waals surface area contributed by atoms with Crippen molar-refractivity contribution >= 4 is 5.97 Å². The van der Waals surface area contributed by atoms with Crippen molar-refractivity contribution < 1.29 is 9.53 Å². The van der Waals surface area contributed by atoms with E-state index >= 15 is 0 Å². The fourth-order valence-electron chi connectivity index (χ4n) is 7.37. The van der Waals surface area contributed by atoms with Gasteiger partial charge < -0.3 is 4.74 Å². The zero-order valence-corrected chi connectivity index (χ0v) is 20.9. The molecule has 0 aromatic heterocycles. The molecule has 3 saturated carbocycles. The summed E-state index contributed by atoms with van der Waals surface area (Å²) in [5.74, 6) is 4.88. The van der Waals surface area contributed by atoms with E-state index in [1.165, 1.54) is 103 Å². The predicted octanol–water partition coefficient (Wildman–Crippen LogP) is 8.86. The van der Waals surface area contributed by atoms with Crippen molar-refractivity contribution in [1.29, 1.82) is 0 Å². The van der Waals surface area contributed by atoms with E-state index in [4.69, 9.17) is 4.74 Å². The Hall–Kier alpha value is -0.530. The number of hydrogen-bond donors (Lipinski definition) is 0. The third kappa shape index (κ3) is 8.08. The monoisotopic (exact) mass is 432 g/mol. The molecule has 0 aromatic rings. The van der Waals surface area contributed by atoms with Gasteiger partial charge in [0, 0.05) is 6.42 Å². The van der Waals surface area contributed by atoms with Crippen molar-refractivity contribution in [3.05, 3.63) is 0 Å². The lowest BCUT2D eigenvalue weighted by Crippen LogP contribution is -2.43. The predicted molar refractivity (Wildman–Crippen MR) is 131 cm³/mol. The summed E-state index contributed by atoms with van der Waals surface area (Å²) in [5.41, 5.74) is 0. The molecule has 3 rings (SSSR count). The normalized spacial score (nSPS) is 32.8. The molecule has 0 spiro atoms. The van der Waals surface area contributed by atoms with Crippen LogP contribution in [0.15, 0.2) is 0 Å². The molecule has 0 amide bonds. The van der Waals surface area contributed by atoms with Crippen LogP contribution in [0.25, 0.3) is 0 Å². The van der Waals surface area contributed by atoms with Gasteiger partial charge in [0.1, 0.15) is 6.10 Å². The Balaban J connectivity index is 1.32. The topological polar surface area (TPSA) is 26.3 Å². The maximum absolute atomic E-state index is 12.4. The third-order valence-electron chi connectivity index (χ3n) is 9.10. The van der Waals surface area contributed by atoms with Crippen molar-refractivity contribution in [3.63, 3.8) is 0 Å². The van der Waals surface area contributed by atoms with Crippen molar-refractivity contribution in [2.45, 2.75) is 148 Å². The summed E-state index contributed by atoms with van der Waals surface area (Å²) in [6.45, 7) is 4.58. The largest absolute Gasteiger partial charge is 0.462 e. The van der Waals surface area contributed by atoms with Gasteiger partial charge in [0.25, 0.3) is 0 Å². The minimum atomic E-state index is 0.0817. The quantitative estimate of drug-likeness (QED) is 0.214. The molecule has 6 unspecified atom stereocenters. The lowest BCUT2D eigenvalue weighted by atomic mass is 9.56. The number of unbranched alkanes of at least 4 members (excludes halogenated alkanes) is 8. The second-order valence-electron chi connectivity index (χ2n) is 11.4. The van der Waals surface area contributed by atoms with Crippen molar-refractivity contribution in [2.75, 3.05) is 0 Å². The van der Waals surface area contributed by atoms with Gasteiger partial charge in [-0.15, -0.1) is 0 Å². The number of fused-ring (bicyclic) bond motifs is 3. The zero-order chi connectivity index (χ0) is 21.9. The Labute approximate surface area is 193 Å². The second-order valence-corrected chi connectivity index (χ2v) is 11.4. The van der Waals surface area contributed by atoms with E-state index in [9.17, 15) is 4.79 Å². The summed E-state index contributed by atoms with van der Waals surface area (Å²) < 4.78 is 5.95. The van der Waals surface area contributed by atoms with Gasteiger partial charge in [-0.25, -0.2) is 0 Å². The molecule has 6 atom stereocenters. The van der Waals surface area contributed by atoms with E-state index in [2.05, 4.69) is 13.8 Å². The molecule has 2 heteroatoms. The lowest BCUT2D eigenvalue weighted by molar-refractivity contribution is -0.153. The van der Waals surface area contributed by atoms with Gasteiger partial charge in [-0.05, 0) is 81.0 Å². The highest BCUT2D eigenvalue weighted by molar-refractivity contribution is 5.69. The molecule has 3 fully saturated rings. The summed E-state index contributed by atoms with van der Waals surface area (Å²) in [6.07, 6.45) is 26.4. The number of ether oxygens (including phenoxy) is 1. The van der Waals surface area contributed by atoms with Crippen molar-refractivity contribution in [1.82, 2.24) is 0 Å². The second kappa shape index (κ2) is 13.9. The van der Waals surface area contributed by atoms with Gasteiger partial charge >= 0.3 is 5.97 Å². The van der Waals surface area contributed by atoms with Crippen LogP contribution in [0.3, 0.4) is 0 Å². The smallest absolute Gasteiger partial charge is 0.306 e. The molecule has 0 aliphatic heterocycles. The van der Waals surface area contributed by atoms with Gasteiger partial charge in [-0.2, -0.15) is 0 Å². The molecule has 0 heterocycles. The molecule has 0 saturated heterocycles. The number of carbonyl (C=O) groups excluding carboxylic acids is 1. The van der Waals surface area contributed by atoms with Gasteiger partial charge in [0.05, 0.1) is 0 Å². The van der Waals surface area contributed by atoms with Crippen LogP contribution in [-0.4, -0.2) is 12.1 Å². The highest BCUT2D eigenvalue weighted by Gasteiger charge is 2.44. The van der Waals surface area contributed by atoms with E-state index in [1.807, 2.05) is 0 Å². The Morgan fingerprint density at radius 2 is 1.29 bits per heavy atom. The lowest BCUT2D eigenvalue weighted by Gasteiger charge is -2.50. The van der Waals surface area contributed by atoms with Crippen LogP contribution >= 0.6 is 0 Å². The number of carbonyl (C=O) groups is 1. The van der Waals surface area contributed by atoms with Gasteiger partial charge in [-0.1, -0.05) is 84.5 Å². The summed E-state index contributed by atoms with van der Waals surface area (Å²) in [6, 6.07) is 0. The number of esters is 1. The average molecular weight is 433 g/mol. The Morgan fingerprint density at radius 3 is 2.03 bits per heavy atom. The Morgan fingerprint density at radius 1 is 0.677 bits per heavy atom. The molecule has 2 nitrogen and oxygen atoms in total. The summed E-state index contributed by atoms with van der Waals surface area (Å²) in [7, 11) is 0. The van der Waals surface area contributed by atoms with Gasteiger partial charge in [0.15, 0.2) is 0 Å². The van der Waals surface area contributed by atoms with Crippen molar-refractivity contribution in [3.8, 4) is 0 Å². The first kappa shape index (κ1) is 25.1. The minimum absolute atomic E-state index is 0.0817. The minimum Gasteiger partial charge on any atom is -0.462 e. The van der Waals surface area contributed by atoms with Crippen LogP contribution in [0.1, 0.15) is 142 Å². The summed E-state index contributed by atoms with van der Waals surface area (Å²) in [4.78, 5) is 12.4. The average Bonchev–Trinajstić information content (AvgIpc) is 2.78. The first-order valence-electron chi connectivity index (χ1n) is 14.4. The van der Waals surface area contributed by atoms with E-state index in [-0.39, 0.29) is 12.1 Å². The first-order valence-corrected chi connectivity index (χ1v) is 14.4. The van der Waals surface area contributed by atoms with E-state index in [0.29, 0.717) is 6.42 Å². The first-order chi connectivity index (χ1) is 15.2. The van der Waals surface area contributed by atoms with Crippen LogP contribution in [0, 0.1) is 29.6 Å². The van der Waals surface area contributed by atoms with E-state index in [0.717, 1.165) is 48.9 Å². The SMILES string of the molecule is CCCCCCCCCC(=O)OC1CCC2C(CCC3CC(CCCCC)CCC32)C1. The zero-order valence-electron chi connectivity index (χ0n) is 20.9. The number of rotatable bonds is 13. The fourth-order valence-corrected chi connectivity index (χ4v) is 7.37. The molecule has 0 aromatic carbocycles. The molecule has 31 heavy (non-hydrogen) atoms. The molecule has 3 aliphatic carbocycles. The molecule has 3 aliphatic rings. The standard InChI is InChI=1S/C29H52O2/c1-3-5-7-8-9-10-12-14-29(30)31-26-18-20-28-25(22-26)17-16-24-21-23(13-11-6-4-2)15-19-27(24)28/h23-28H,3-22H2,1-2H3. The molecule has 0 radical (unpaired) electrons. The maximum atomic E-state index is 12.4. The molecule has 180 valence electrons. The van der Waals surface area contributed by atoms with Crippen molar-refractivity contribution in [2.24, 2.45) is 29.6 Å². The fraction of sp³-hybridized carbons (Fsp3) is 0.966. The van der Waals surface area contributed by atoms with Crippen LogP contribution in [0.2, 0.25) is 0 Å². The van der Waals surface area contributed by atoms with Crippen LogP contribution < -0.4 is 0 Å². The van der Waals surface area contributed by atoms with Gasteiger partial charge in [0.2, 0.25) is 0 Å². The molecule has 0 N–H and O–H groups in total. The third-order valence-corrected chi connectivity index (χ3v) is 9.10. The Bertz CT molecular complexity index is 501. The Kier molecular flexibility index (Phi) is 11.2. The summed E-state index contributed by atoms with van der Waals surface area (Å²) in [5, 5.41) is 0. The molecular formula is C29H52O2. The van der Waals surface area contributed by atoms with Crippen LogP contribution in [0.5, 0.6) is 0 Å². The van der Waals surface area contributed by atoms with E-state index < -0.39 is 0 Å². The summed E-state index contributed by atoms with van der Waals surface area (Å²) >= 11 is 0. The highest BCUT2D eigenvalue weighted by atomic mass is 16.5. The van der Waals surface area contributed by atoms with Gasteiger partial charge in [-0.3, -0.25) is 4.79 Å². The van der Waals surface area contributed by atoms with E-state index in [1.54, 1.807) is 0 Å². The maximum Gasteiger partial charge on any atom is 0.306 e. The molecular weight excluding hydrogens is 380 g/mol. The van der Waals surface area contributed by atoms with Crippen LogP contribution in [-0.2, 0) is 9.53 Å². The highest BCUT2D eigenvalue weighted by Crippen LogP contribution is 2.53.